The Morgan fingerprint density at radius 3 is 2.65 bits per heavy atom. The first kappa shape index (κ1) is 15.0. The lowest BCUT2D eigenvalue weighted by atomic mass is 10.2. The highest BCUT2D eigenvalue weighted by molar-refractivity contribution is 5.57. The van der Waals surface area contributed by atoms with E-state index in [0.29, 0.717) is 11.7 Å². The van der Waals surface area contributed by atoms with E-state index in [1.807, 2.05) is 6.92 Å². The van der Waals surface area contributed by atoms with Gasteiger partial charge in [-0.2, -0.15) is 0 Å². The van der Waals surface area contributed by atoms with Gasteiger partial charge < -0.3 is 15.5 Å². The zero-order valence-electron chi connectivity index (χ0n) is 12.4. The molecule has 1 fully saturated rings. The number of ether oxygens (including phenoxy) is 1. The second-order valence-electron chi connectivity index (χ2n) is 5.22. The summed E-state index contributed by atoms with van der Waals surface area (Å²) in [5.74, 6) is 8.53. The van der Waals surface area contributed by atoms with E-state index in [1.54, 1.807) is 0 Å². The average Bonchev–Trinajstić information content (AvgIpc) is 3.29. The predicted octanol–water partition coefficient (Wildman–Crippen LogP) is 2.18. The van der Waals surface area contributed by atoms with Gasteiger partial charge in [0.2, 0.25) is 0 Å². The summed E-state index contributed by atoms with van der Waals surface area (Å²) >= 11 is 0. The van der Waals surface area contributed by atoms with E-state index in [2.05, 4.69) is 27.6 Å². The van der Waals surface area contributed by atoms with E-state index in [9.17, 15) is 0 Å². The van der Waals surface area contributed by atoms with Crippen LogP contribution >= 0.6 is 0 Å². The minimum absolute atomic E-state index is 0.510. The van der Waals surface area contributed by atoms with Crippen molar-refractivity contribution in [2.75, 3.05) is 30.5 Å². The van der Waals surface area contributed by atoms with Gasteiger partial charge in [0.05, 0.1) is 0 Å². The molecule has 1 aromatic heterocycles. The van der Waals surface area contributed by atoms with Gasteiger partial charge in [0.25, 0.3) is 0 Å². The molecule has 0 atom stereocenters. The van der Waals surface area contributed by atoms with Gasteiger partial charge in [0.1, 0.15) is 17.5 Å². The molecule has 4 N–H and O–H groups in total. The van der Waals surface area contributed by atoms with E-state index >= 15 is 0 Å². The Labute approximate surface area is 120 Å². The van der Waals surface area contributed by atoms with Crippen LogP contribution in [0.4, 0.5) is 11.6 Å². The van der Waals surface area contributed by atoms with Crippen LogP contribution in [0.25, 0.3) is 0 Å². The van der Waals surface area contributed by atoms with E-state index in [1.165, 1.54) is 12.8 Å². The van der Waals surface area contributed by atoms with Crippen LogP contribution in [0.5, 0.6) is 0 Å². The van der Waals surface area contributed by atoms with Gasteiger partial charge in [-0.1, -0.05) is 6.92 Å². The molecule has 0 spiro atoms. The summed E-state index contributed by atoms with van der Waals surface area (Å²) in [6.45, 7) is 6.54. The second kappa shape index (κ2) is 7.40. The van der Waals surface area contributed by atoms with Crippen molar-refractivity contribution >= 4 is 11.6 Å². The Hall–Kier alpha value is -1.40. The summed E-state index contributed by atoms with van der Waals surface area (Å²) in [4.78, 5) is 9.09. The number of rotatable bonds is 9. The fourth-order valence-electron chi connectivity index (χ4n) is 2.00. The molecule has 6 heteroatoms. The molecule has 112 valence electrons. The van der Waals surface area contributed by atoms with Gasteiger partial charge in [0.15, 0.2) is 0 Å². The van der Waals surface area contributed by atoms with Gasteiger partial charge >= 0.3 is 0 Å². The maximum absolute atomic E-state index is 5.53. The van der Waals surface area contributed by atoms with Crippen LogP contribution in [0.3, 0.4) is 0 Å². The van der Waals surface area contributed by atoms with Crippen molar-refractivity contribution in [2.45, 2.75) is 45.4 Å². The Morgan fingerprint density at radius 2 is 2.00 bits per heavy atom. The number of nitrogens with one attached hydrogen (secondary N) is 2. The third kappa shape index (κ3) is 4.05. The summed E-state index contributed by atoms with van der Waals surface area (Å²) in [7, 11) is 0. The molecular formula is C14H25N5O. The summed E-state index contributed by atoms with van der Waals surface area (Å²) in [6, 6.07) is 0. The topological polar surface area (TPSA) is 85.1 Å². The minimum atomic E-state index is 0.510. The molecule has 1 aliphatic rings. The van der Waals surface area contributed by atoms with Crippen LogP contribution in [0.1, 0.15) is 49.9 Å². The van der Waals surface area contributed by atoms with Crippen molar-refractivity contribution in [3.8, 4) is 0 Å². The number of anilines is 2. The molecule has 2 rings (SSSR count). The summed E-state index contributed by atoms with van der Waals surface area (Å²) in [6.07, 6.45) is 4.39. The van der Waals surface area contributed by atoms with Crippen molar-refractivity contribution in [1.29, 1.82) is 0 Å². The largest absolute Gasteiger partial charge is 0.381 e. The summed E-state index contributed by atoms with van der Waals surface area (Å²) in [5.41, 5.74) is 3.63. The monoisotopic (exact) mass is 279 g/mol. The van der Waals surface area contributed by atoms with Crippen LogP contribution in [-0.4, -0.2) is 29.7 Å². The minimum Gasteiger partial charge on any atom is -0.381 e. The molecular weight excluding hydrogens is 254 g/mol. The first-order valence-corrected chi connectivity index (χ1v) is 7.43. The summed E-state index contributed by atoms with van der Waals surface area (Å²) in [5, 5.41) is 3.36. The predicted molar refractivity (Wildman–Crippen MR) is 80.8 cm³/mol. The molecule has 1 saturated carbocycles. The Bertz CT molecular complexity index is 434. The van der Waals surface area contributed by atoms with Crippen LogP contribution in [-0.2, 0) is 4.74 Å². The standard InChI is InChI=1S/C14H25N5O/c1-3-8-20-9-4-7-16-12-10(2)13(19-15)18-14(17-12)11-5-6-11/h11H,3-9,15H2,1-2H3,(H2,16,17,18,19). The molecule has 0 unspecified atom stereocenters. The Morgan fingerprint density at radius 1 is 1.25 bits per heavy atom. The van der Waals surface area contributed by atoms with Crippen molar-refractivity contribution in [1.82, 2.24) is 9.97 Å². The van der Waals surface area contributed by atoms with Crippen molar-refractivity contribution < 1.29 is 4.74 Å². The molecule has 0 radical (unpaired) electrons. The fourth-order valence-corrected chi connectivity index (χ4v) is 2.00. The molecule has 0 aromatic carbocycles. The van der Waals surface area contributed by atoms with Crippen LogP contribution in [0.2, 0.25) is 0 Å². The molecule has 1 aliphatic carbocycles. The maximum atomic E-state index is 5.53. The fraction of sp³-hybridized carbons (Fsp3) is 0.714. The van der Waals surface area contributed by atoms with E-state index in [0.717, 1.165) is 49.8 Å². The first-order chi connectivity index (χ1) is 9.76. The third-order valence-corrected chi connectivity index (χ3v) is 3.35. The van der Waals surface area contributed by atoms with Crippen LogP contribution in [0.15, 0.2) is 0 Å². The number of aromatic nitrogens is 2. The number of hydrogen-bond acceptors (Lipinski definition) is 6. The van der Waals surface area contributed by atoms with E-state index in [4.69, 9.17) is 10.6 Å². The lowest BCUT2D eigenvalue weighted by Crippen LogP contribution is -2.15. The third-order valence-electron chi connectivity index (χ3n) is 3.35. The van der Waals surface area contributed by atoms with Gasteiger partial charge in [-0.25, -0.2) is 15.8 Å². The number of nitrogen functional groups attached to an aromatic ring is 1. The number of hydrazine groups is 1. The Kier molecular flexibility index (Phi) is 5.55. The van der Waals surface area contributed by atoms with Crippen molar-refractivity contribution in [3.63, 3.8) is 0 Å². The lowest BCUT2D eigenvalue weighted by Gasteiger charge is -2.13. The van der Waals surface area contributed by atoms with Gasteiger partial charge in [0, 0.05) is 31.2 Å². The first-order valence-electron chi connectivity index (χ1n) is 7.43. The number of hydrogen-bond donors (Lipinski definition) is 3. The van der Waals surface area contributed by atoms with Crippen LogP contribution in [0, 0.1) is 6.92 Å². The average molecular weight is 279 g/mol. The quantitative estimate of drug-likeness (QED) is 0.365. The highest BCUT2D eigenvalue weighted by Crippen LogP contribution is 2.39. The normalized spacial score (nSPS) is 14.3. The number of nitrogens with zero attached hydrogens (tertiary/aromatic N) is 2. The lowest BCUT2D eigenvalue weighted by molar-refractivity contribution is 0.134. The van der Waals surface area contributed by atoms with Crippen molar-refractivity contribution in [3.05, 3.63) is 11.4 Å². The zero-order valence-corrected chi connectivity index (χ0v) is 12.4. The smallest absolute Gasteiger partial charge is 0.148 e. The SMILES string of the molecule is CCCOCCCNc1nc(C2CC2)nc(NN)c1C. The molecule has 0 amide bonds. The molecule has 20 heavy (non-hydrogen) atoms. The highest BCUT2D eigenvalue weighted by Gasteiger charge is 2.28. The van der Waals surface area contributed by atoms with E-state index < -0.39 is 0 Å². The van der Waals surface area contributed by atoms with Crippen molar-refractivity contribution in [2.24, 2.45) is 5.84 Å². The molecule has 0 saturated heterocycles. The Balaban J connectivity index is 1.90. The van der Waals surface area contributed by atoms with Crippen LogP contribution < -0.4 is 16.6 Å². The molecule has 0 bridgehead atoms. The highest BCUT2D eigenvalue weighted by atomic mass is 16.5. The second-order valence-corrected chi connectivity index (χ2v) is 5.22. The molecule has 1 heterocycles. The number of nitrogens with two attached hydrogens (primary N) is 1. The summed E-state index contributed by atoms with van der Waals surface area (Å²) < 4.78 is 5.46. The maximum Gasteiger partial charge on any atom is 0.148 e. The zero-order chi connectivity index (χ0) is 14.4. The van der Waals surface area contributed by atoms with Gasteiger partial charge in [-0.15, -0.1) is 0 Å². The molecule has 6 nitrogen and oxygen atoms in total. The van der Waals surface area contributed by atoms with Gasteiger partial charge in [-0.3, -0.25) is 0 Å². The van der Waals surface area contributed by atoms with Gasteiger partial charge in [-0.05, 0) is 32.6 Å². The molecule has 1 aromatic rings. The van der Waals surface area contributed by atoms with E-state index in [-0.39, 0.29) is 0 Å². The molecule has 0 aliphatic heterocycles.